The quantitative estimate of drug-likeness (QED) is 0.761. The van der Waals surface area contributed by atoms with Crippen LogP contribution in [0.4, 0.5) is 5.69 Å². The monoisotopic (exact) mass is 259 g/mol. The number of piperazine rings is 1. The summed E-state index contributed by atoms with van der Waals surface area (Å²) in [4.78, 5) is 32.4. The van der Waals surface area contributed by atoms with Gasteiger partial charge in [-0.1, -0.05) is 0 Å². The lowest BCUT2D eigenvalue weighted by Gasteiger charge is -2.45. The van der Waals surface area contributed by atoms with Gasteiger partial charge in [0.15, 0.2) is 0 Å². The number of rotatable bonds is 1. The third kappa shape index (κ3) is 1.89. The summed E-state index contributed by atoms with van der Waals surface area (Å²) in [5.41, 5.74) is 0.707. The van der Waals surface area contributed by atoms with Crippen molar-refractivity contribution in [2.75, 3.05) is 11.4 Å². The molecule has 0 N–H and O–H groups in total. The van der Waals surface area contributed by atoms with Crippen molar-refractivity contribution >= 4 is 17.5 Å². The molecule has 2 aliphatic heterocycles. The van der Waals surface area contributed by atoms with E-state index < -0.39 is 6.04 Å². The van der Waals surface area contributed by atoms with Crippen LogP contribution < -0.4 is 4.90 Å². The van der Waals surface area contributed by atoms with Crippen LogP contribution in [-0.4, -0.2) is 40.3 Å². The lowest BCUT2D eigenvalue weighted by atomic mass is 9.95. The fourth-order valence-electron chi connectivity index (χ4n) is 3.00. The summed E-state index contributed by atoms with van der Waals surface area (Å²) in [5, 5.41) is 0. The van der Waals surface area contributed by atoms with Crippen molar-refractivity contribution in [1.82, 2.24) is 9.88 Å². The summed E-state index contributed by atoms with van der Waals surface area (Å²) < 4.78 is 0. The first-order valence-corrected chi connectivity index (χ1v) is 6.74. The maximum Gasteiger partial charge on any atom is 0.250 e. The van der Waals surface area contributed by atoms with Gasteiger partial charge >= 0.3 is 0 Å². The van der Waals surface area contributed by atoms with E-state index in [0.29, 0.717) is 12.2 Å². The molecule has 0 aliphatic carbocycles. The Hall–Kier alpha value is -1.91. The van der Waals surface area contributed by atoms with E-state index in [-0.39, 0.29) is 17.9 Å². The summed E-state index contributed by atoms with van der Waals surface area (Å²) in [6.07, 6.45) is 6.08. The fourth-order valence-corrected chi connectivity index (χ4v) is 3.00. The van der Waals surface area contributed by atoms with Gasteiger partial charge in [-0.2, -0.15) is 0 Å². The molecule has 0 saturated carbocycles. The molecule has 0 spiro atoms. The molecule has 100 valence electrons. The van der Waals surface area contributed by atoms with Crippen LogP contribution >= 0.6 is 0 Å². The summed E-state index contributed by atoms with van der Waals surface area (Å²) in [6.45, 7) is 2.50. The largest absolute Gasteiger partial charge is 0.329 e. The van der Waals surface area contributed by atoms with E-state index in [1.54, 1.807) is 35.2 Å². The van der Waals surface area contributed by atoms with Crippen molar-refractivity contribution in [2.24, 2.45) is 0 Å². The lowest BCUT2D eigenvalue weighted by Crippen LogP contribution is -2.65. The average molecular weight is 259 g/mol. The van der Waals surface area contributed by atoms with Crippen LogP contribution in [0.2, 0.25) is 0 Å². The SMILES string of the molecule is CC1C(=O)N2CCCCC2C(=O)N1c1cccnc1. The minimum atomic E-state index is -0.439. The van der Waals surface area contributed by atoms with Gasteiger partial charge in [0.05, 0.1) is 11.9 Å². The molecule has 2 amide bonds. The molecule has 1 aromatic rings. The van der Waals surface area contributed by atoms with E-state index in [1.165, 1.54) is 0 Å². The van der Waals surface area contributed by atoms with Crippen molar-refractivity contribution in [3.8, 4) is 0 Å². The number of aromatic nitrogens is 1. The second-order valence-electron chi connectivity index (χ2n) is 5.14. The summed E-state index contributed by atoms with van der Waals surface area (Å²) in [5.74, 6) is 0.0768. The van der Waals surface area contributed by atoms with Crippen LogP contribution in [0, 0.1) is 0 Å². The first kappa shape index (κ1) is 12.1. The number of anilines is 1. The number of carbonyl (C=O) groups is 2. The number of hydrogen-bond acceptors (Lipinski definition) is 3. The number of piperidine rings is 1. The highest BCUT2D eigenvalue weighted by molar-refractivity contribution is 6.08. The van der Waals surface area contributed by atoms with E-state index in [1.807, 2.05) is 6.07 Å². The van der Waals surface area contributed by atoms with Gasteiger partial charge in [0.25, 0.3) is 5.91 Å². The second-order valence-corrected chi connectivity index (χ2v) is 5.14. The molecule has 19 heavy (non-hydrogen) atoms. The van der Waals surface area contributed by atoms with E-state index >= 15 is 0 Å². The Balaban J connectivity index is 1.97. The van der Waals surface area contributed by atoms with Gasteiger partial charge in [0.2, 0.25) is 5.91 Å². The second kappa shape index (κ2) is 4.64. The first-order valence-electron chi connectivity index (χ1n) is 6.74. The fraction of sp³-hybridized carbons (Fsp3) is 0.500. The maximum atomic E-state index is 12.6. The molecule has 0 radical (unpaired) electrons. The van der Waals surface area contributed by atoms with Gasteiger partial charge in [-0.05, 0) is 38.3 Å². The smallest absolute Gasteiger partial charge is 0.250 e. The Morgan fingerprint density at radius 2 is 2.11 bits per heavy atom. The zero-order valence-corrected chi connectivity index (χ0v) is 11.0. The molecule has 2 fully saturated rings. The summed E-state index contributed by atoms with van der Waals surface area (Å²) in [6, 6.07) is 2.89. The highest BCUT2D eigenvalue weighted by Crippen LogP contribution is 2.29. The van der Waals surface area contributed by atoms with Crippen LogP contribution in [0.1, 0.15) is 26.2 Å². The Morgan fingerprint density at radius 3 is 2.84 bits per heavy atom. The highest BCUT2D eigenvalue weighted by Gasteiger charge is 2.45. The number of nitrogens with zero attached hydrogens (tertiary/aromatic N) is 3. The molecule has 0 bridgehead atoms. The number of hydrogen-bond donors (Lipinski definition) is 0. The topological polar surface area (TPSA) is 53.5 Å². The first-order chi connectivity index (χ1) is 9.20. The zero-order chi connectivity index (χ0) is 13.4. The van der Waals surface area contributed by atoms with Crippen LogP contribution in [0.15, 0.2) is 24.5 Å². The Labute approximate surface area is 112 Å². The highest BCUT2D eigenvalue weighted by atomic mass is 16.2. The minimum Gasteiger partial charge on any atom is -0.329 e. The number of amides is 2. The van der Waals surface area contributed by atoms with Gasteiger partial charge in [-0.25, -0.2) is 0 Å². The molecule has 1 aromatic heterocycles. The summed E-state index contributed by atoms with van der Waals surface area (Å²) >= 11 is 0. The van der Waals surface area contributed by atoms with Crippen LogP contribution in [0.3, 0.4) is 0 Å². The third-order valence-corrected chi connectivity index (χ3v) is 3.98. The molecule has 5 heteroatoms. The third-order valence-electron chi connectivity index (χ3n) is 3.98. The normalized spacial score (nSPS) is 27.4. The van der Waals surface area contributed by atoms with E-state index in [0.717, 1.165) is 19.3 Å². The van der Waals surface area contributed by atoms with E-state index in [4.69, 9.17) is 0 Å². The van der Waals surface area contributed by atoms with Gasteiger partial charge in [0.1, 0.15) is 12.1 Å². The average Bonchev–Trinajstić information content (AvgIpc) is 2.46. The zero-order valence-electron chi connectivity index (χ0n) is 11.0. The van der Waals surface area contributed by atoms with Crippen molar-refractivity contribution in [3.63, 3.8) is 0 Å². The Kier molecular flexibility index (Phi) is 2.97. The molecule has 0 aromatic carbocycles. The van der Waals surface area contributed by atoms with Crippen LogP contribution in [0.25, 0.3) is 0 Å². The molecule has 2 atom stereocenters. The molecular weight excluding hydrogens is 242 g/mol. The molecule has 2 aliphatic rings. The molecule has 3 heterocycles. The summed E-state index contributed by atoms with van der Waals surface area (Å²) in [7, 11) is 0. The standard InChI is InChI=1S/C14H17N3O2/c1-10-13(18)16-8-3-2-6-12(16)14(19)17(10)11-5-4-7-15-9-11/h4-5,7,9-10,12H,2-3,6,8H2,1H3. The minimum absolute atomic E-state index is 0.0276. The lowest BCUT2D eigenvalue weighted by molar-refractivity contribution is -0.147. The van der Waals surface area contributed by atoms with Crippen LogP contribution in [-0.2, 0) is 9.59 Å². The van der Waals surface area contributed by atoms with Gasteiger partial charge < -0.3 is 4.90 Å². The van der Waals surface area contributed by atoms with Crippen molar-refractivity contribution in [2.45, 2.75) is 38.3 Å². The van der Waals surface area contributed by atoms with Gasteiger partial charge in [-0.15, -0.1) is 0 Å². The number of pyridine rings is 1. The number of carbonyl (C=O) groups excluding carboxylic acids is 2. The molecule has 5 nitrogen and oxygen atoms in total. The van der Waals surface area contributed by atoms with E-state index in [9.17, 15) is 9.59 Å². The maximum absolute atomic E-state index is 12.6. The molecule has 2 unspecified atom stereocenters. The predicted octanol–water partition coefficient (Wildman–Crippen LogP) is 1.20. The van der Waals surface area contributed by atoms with Crippen molar-refractivity contribution in [1.29, 1.82) is 0 Å². The molecule has 3 rings (SSSR count). The predicted molar refractivity (Wildman–Crippen MR) is 70.5 cm³/mol. The van der Waals surface area contributed by atoms with Gasteiger partial charge in [0, 0.05) is 12.7 Å². The van der Waals surface area contributed by atoms with Crippen molar-refractivity contribution < 1.29 is 9.59 Å². The molecular formula is C14H17N3O2. The van der Waals surface area contributed by atoms with E-state index in [2.05, 4.69) is 4.98 Å². The van der Waals surface area contributed by atoms with Crippen molar-refractivity contribution in [3.05, 3.63) is 24.5 Å². The Bertz CT molecular complexity index is 503. The molecule has 2 saturated heterocycles. The number of fused-ring (bicyclic) bond motifs is 1. The van der Waals surface area contributed by atoms with Gasteiger partial charge in [-0.3, -0.25) is 19.5 Å². The Morgan fingerprint density at radius 1 is 1.26 bits per heavy atom. The van der Waals surface area contributed by atoms with Crippen LogP contribution in [0.5, 0.6) is 0 Å².